The van der Waals surface area contributed by atoms with Crippen molar-refractivity contribution in [3.8, 4) is 0 Å². The van der Waals surface area contributed by atoms with Crippen molar-refractivity contribution < 1.29 is 19.8 Å². The Morgan fingerprint density at radius 2 is 1.89 bits per heavy atom. The van der Waals surface area contributed by atoms with Crippen LogP contribution < -0.4 is 5.32 Å². The average molecular weight is 257 g/mol. The summed E-state index contributed by atoms with van der Waals surface area (Å²) in [5.41, 5.74) is 0. The number of nitrogens with one attached hydrogen (secondary N) is 1. The van der Waals surface area contributed by atoms with E-state index in [1.54, 1.807) is 0 Å². The highest BCUT2D eigenvalue weighted by Gasteiger charge is 2.15. The number of aliphatic hydroxyl groups excluding tert-OH is 1. The van der Waals surface area contributed by atoms with E-state index in [-0.39, 0.29) is 18.9 Å². The molecule has 1 amide bonds. The molecule has 0 bridgehead atoms. The van der Waals surface area contributed by atoms with Gasteiger partial charge in [-0.15, -0.1) is 0 Å². The van der Waals surface area contributed by atoms with Crippen LogP contribution in [-0.4, -0.2) is 34.7 Å². The predicted octanol–water partition coefficient (Wildman–Crippen LogP) is 1.30. The lowest BCUT2D eigenvalue weighted by Gasteiger charge is -2.21. The van der Waals surface area contributed by atoms with Gasteiger partial charge in [0.2, 0.25) is 5.91 Å². The van der Waals surface area contributed by atoms with E-state index in [0.717, 1.165) is 6.42 Å². The van der Waals surface area contributed by atoms with Gasteiger partial charge in [-0.1, -0.05) is 32.1 Å². The van der Waals surface area contributed by atoms with Crippen molar-refractivity contribution in [2.45, 2.75) is 57.5 Å². The minimum Gasteiger partial charge on any atom is -0.479 e. The molecule has 0 aromatic rings. The third-order valence-corrected chi connectivity index (χ3v) is 3.53. The number of carboxylic acid groups (broad SMARTS) is 1. The van der Waals surface area contributed by atoms with Crippen LogP contribution in [0.1, 0.15) is 51.4 Å². The van der Waals surface area contributed by atoms with E-state index in [2.05, 4.69) is 5.32 Å². The fraction of sp³-hybridized carbons (Fsp3) is 0.846. The average Bonchev–Trinajstić information content (AvgIpc) is 2.37. The van der Waals surface area contributed by atoms with Crippen molar-refractivity contribution in [1.82, 2.24) is 5.32 Å². The lowest BCUT2D eigenvalue weighted by molar-refractivity contribution is -0.147. The monoisotopic (exact) mass is 257 g/mol. The fourth-order valence-corrected chi connectivity index (χ4v) is 2.37. The van der Waals surface area contributed by atoms with Crippen molar-refractivity contribution in [3.63, 3.8) is 0 Å². The zero-order valence-electron chi connectivity index (χ0n) is 10.7. The van der Waals surface area contributed by atoms with Gasteiger partial charge in [0.25, 0.3) is 0 Å². The summed E-state index contributed by atoms with van der Waals surface area (Å²) in [6, 6.07) is 0. The first-order valence-electron chi connectivity index (χ1n) is 6.77. The minimum absolute atomic E-state index is 0.0434. The predicted molar refractivity (Wildman–Crippen MR) is 67.1 cm³/mol. The number of hydrogen-bond donors (Lipinski definition) is 3. The maximum absolute atomic E-state index is 11.5. The van der Waals surface area contributed by atoms with Crippen LogP contribution in [0.3, 0.4) is 0 Å². The molecular formula is C13H23NO4. The van der Waals surface area contributed by atoms with Gasteiger partial charge in [0, 0.05) is 19.4 Å². The van der Waals surface area contributed by atoms with E-state index in [1.165, 1.54) is 32.1 Å². The molecule has 18 heavy (non-hydrogen) atoms. The van der Waals surface area contributed by atoms with Gasteiger partial charge in [0.1, 0.15) is 0 Å². The molecule has 0 heterocycles. The van der Waals surface area contributed by atoms with Crippen molar-refractivity contribution in [2.75, 3.05) is 6.54 Å². The Kier molecular flexibility index (Phi) is 6.72. The molecule has 5 heteroatoms. The van der Waals surface area contributed by atoms with Gasteiger partial charge in [-0.2, -0.15) is 0 Å². The van der Waals surface area contributed by atoms with Gasteiger partial charge in [-0.3, -0.25) is 4.79 Å². The van der Waals surface area contributed by atoms with Crippen molar-refractivity contribution in [3.05, 3.63) is 0 Å². The SMILES string of the molecule is O=C(CCC1CCCCC1)NCC[C@H](O)C(=O)O. The number of amides is 1. The van der Waals surface area contributed by atoms with Gasteiger partial charge in [-0.25, -0.2) is 4.79 Å². The van der Waals surface area contributed by atoms with Crippen LogP contribution in [0.4, 0.5) is 0 Å². The Morgan fingerprint density at radius 3 is 2.50 bits per heavy atom. The summed E-state index contributed by atoms with van der Waals surface area (Å²) in [7, 11) is 0. The molecule has 1 aliphatic carbocycles. The van der Waals surface area contributed by atoms with Gasteiger partial charge in [0.05, 0.1) is 0 Å². The number of hydrogen-bond acceptors (Lipinski definition) is 3. The van der Waals surface area contributed by atoms with E-state index in [9.17, 15) is 9.59 Å². The third-order valence-electron chi connectivity index (χ3n) is 3.53. The molecule has 0 radical (unpaired) electrons. The van der Waals surface area contributed by atoms with E-state index >= 15 is 0 Å². The lowest BCUT2D eigenvalue weighted by Crippen LogP contribution is -2.30. The molecule has 1 fully saturated rings. The van der Waals surface area contributed by atoms with Crippen molar-refractivity contribution >= 4 is 11.9 Å². The van der Waals surface area contributed by atoms with Crippen LogP contribution in [0.25, 0.3) is 0 Å². The number of carboxylic acids is 1. The molecule has 1 rings (SSSR count). The summed E-state index contributed by atoms with van der Waals surface area (Å²) in [6.07, 6.45) is 6.43. The van der Waals surface area contributed by atoms with E-state index in [4.69, 9.17) is 10.2 Å². The van der Waals surface area contributed by atoms with Crippen LogP contribution >= 0.6 is 0 Å². The standard InChI is InChI=1S/C13H23NO4/c15-11(13(17)18)8-9-14-12(16)7-6-10-4-2-1-3-5-10/h10-11,15H,1-9H2,(H,14,16)(H,17,18)/t11-/m0/s1. The molecule has 0 spiro atoms. The molecule has 0 aromatic heterocycles. The van der Waals surface area contributed by atoms with Crippen LogP contribution in [0, 0.1) is 5.92 Å². The summed E-state index contributed by atoms with van der Waals surface area (Å²) in [4.78, 5) is 21.8. The minimum atomic E-state index is -1.39. The highest BCUT2D eigenvalue weighted by Crippen LogP contribution is 2.27. The van der Waals surface area contributed by atoms with E-state index in [0.29, 0.717) is 12.3 Å². The quantitative estimate of drug-likeness (QED) is 0.641. The smallest absolute Gasteiger partial charge is 0.332 e. The maximum atomic E-state index is 11.5. The van der Waals surface area contributed by atoms with Gasteiger partial charge in [0.15, 0.2) is 6.10 Å². The Bertz CT molecular complexity index is 274. The Hall–Kier alpha value is -1.10. The molecule has 104 valence electrons. The Morgan fingerprint density at radius 1 is 1.22 bits per heavy atom. The number of rotatable bonds is 7. The van der Waals surface area contributed by atoms with Crippen LogP contribution in [0.5, 0.6) is 0 Å². The van der Waals surface area contributed by atoms with Crippen LogP contribution in [-0.2, 0) is 9.59 Å². The Balaban J connectivity index is 2.04. The zero-order valence-corrected chi connectivity index (χ0v) is 10.7. The molecule has 0 aromatic carbocycles. The second-order valence-corrected chi connectivity index (χ2v) is 5.04. The van der Waals surface area contributed by atoms with Gasteiger partial charge < -0.3 is 15.5 Å². The molecule has 0 saturated heterocycles. The fourth-order valence-electron chi connectivity index (χ4n) is 2.37. The highest BCUT2D eigenvalue weighted by molar-refractivity contribution is 5.76. The summed E-state index contributed by atoms with van der Waals surface area (Å²) >= 11 is 0. The largest absolute Gasteiger partial charge is 0.479 e. The molecule has 0 aliphatic heterocycles. The van der Waals surface area contributed by atoms with Crippen molar-refractivity contribution in [1.29, 1.82) is 0 Å². The Labute approximate surface area is 108 Å². The number of carbonyl (C=O) groups is 2. The number of aliphatic carboxylic acids is 1. The topological polar surface area (TPSA) is 86.6 Å². The van der Waals surface area contributed by atoms with Gasteiger partial charge in [-0.05, 0) is 12.3 Å². The summed E-state index contributed by atoms with van der Waals surface area (Å²) in [5, 5.41) is 20.1. The molecule has 1 atom stereocenters. The summed E-state index contributed by atoms with van der Waals surface area (Å²) < 4.78 is 0. The molecular weight excluding hydrogens is 234 g/mol. The lowest BCUT2D eigenvalue weighted by atomic mass is 9.86. The first-order valence-corrected chi connectivity index (χ1v) is 6.77. The van der Waals surface area contributed by atoms with E-state index in [1.807, 2.05) is 0 Å². The van der Waals surface area contributed by atoms with E-state index < -0.39 is 12.1 Å². The van der Waals surface area contributed by atoms with Crippen LogP contribution in [0.2, 0.25) is 0 Å². The third kappa shape index (κ3) is 6.00. The second kappa shape index (κ2) is 8.08. The number of aliphatic hydroxyl groups is 1. The highest BCUT2D eigenvalue weighted by atomic mass is 16.4. The molecule has 5 nitrogen and oxygen atoms in total. The second-order valence-electron chi connectivity index (χ2n) is 5.04. The maximum Gasteiger partial charge on any atom is 0.332 e. The van der Waals surface area contributed by atoms with Crippen LogP contribution in [0.15, 0.2) is 0 Å². The first kappa shape index (κ1) is 15.0. The summed E-state index contributed by atoms with van der Waals surface area (Å²) in [5.74, 6) is -0.612. The number of carbonyl (C=O) groups excluding carboxylic acids is 1. The molecule has 1 saturated carbocycles. The van der Waals surface area contributed by atoms with Gasteiger partial charge >= 0.3 is 5.97 Å². The molecule has 3 N–H and O–H groups in total. The first-order chi connectivity index (χ1) is 8.59. The molecule has 1 aliphatic rings. The molecule has 0 unspecified atom stereocenters. The summed E-state index contributed by atoms with van der Waals surface area (Å²) in [6.45, 7) is 0.219. The van der Waals surface area contributed by atoms with Crippen molar-refractivity contribution in [2.24, 2.45) is 5.92 Å². The zero-order chi connectivity index (χ0) is 13.4. The normalized spacial score (nSPS) is 18.3.